The smallest absolute Gasteiger partial charge is 0.270 e. The van der Waals surface area contributed by atoms with Gasteiger partial charge in [-0.3, -0.25) is 14.6 Å². The maximum Gasteiger partial charge on any atom is 0.270 e. The lowest BCUT2D eigenvalue weighted by molar-refractivity contribution is -0.125. The minimum Gasteiger partial charge on any atom is -0.355 e. The minimum absolute atomic E-state index is 0.0119. The molecule has 0 radical (unpaired) electrons. The lowest BCUT2D eigenvalue weighted by atomic mass is 9.96. The van der Waals surface area contributed by atoms with Gasteiger partial charge >= 0.3 is 0 Å². The number of aromatic nitrogens is 2. The molecule has 1 aromatic carbocycles. The number of aryl methyl sites for hydroxylation is 1. The normalized spacial score (nSPS) is 15.0. The summed E-state index contributed by atoms with van der Waals surface area (Å²) < 4.78 is 0.649. The molecule has 7 nitrogen and oxygen atoms in total. The summed E-state index contributed by atoms with van der Waals surface area (Å²) in [6.07, 6.45) is 1.51. The Labute approximate surface area is 186 Å². The number of hydrogen-bond donors (Lipinski definition) is 2. The second-order valence-electron chi connectivity index (χ2n) is 8.44. The van der Waals surface area contributed by atoms with E-state index < -0.39 is 0 Å². The van der Waals surface area contributed by atoms with Crippen LogP contribution in [0, 0.1) is 12.8 Å². The third-order valence-electron chi connectivity index (χ3n) is 5.77. The molecule has 2 aromatic heterocycles. The number of carbonyl (C=O) groups is 1. The highest BCUT2D eigenvalue weighted by Crippen LogP contribution is 2.32. The summed E-state index contributed by atoms with van der Waals surface area (Å²) in [4.78, 5) is 37.1. The van der Waals surface area contributed by atoms with Crippen LogP contribution in [0.15, 0.2) is 34.4 Å². The molecule has 2 N–H and O–H groups in total. The number of nitrogens with zero attached hydrogens (tertiary/aromatic N) is 3. The Morgan fingerprint density at radius 2 is 2.10 bits per heavy atom. The molecule has 1 amide bonds. The molecule has 3 heterocycles. The molecule has 0 spiro atoms. The standard InChI is InChI=1S/C23H29N5O2S/c1-15-5-4-6-17(13-15)18-14-31-20-19(18)25-23(26-22(20)30)28-10-7-16(8-11-28)21(29)24-9-12-27(2)3/h4-6,13-14,16H,7-12H2,1-3H3,(H,24,29)(H,25,26,30). The van der Waals surface area contributed by atoms with Crippen molar-refractivity contribution in [3.63, 3.8) is 0 Å². The molecule has 0 atom stereocenters. The van der Waals surface area contributed by atoms with Gasteiger partial charge in [0.15, 0.2) is 0 Å². The predicted molar refractivity (Wildman–Crippen MR) is 127 cm³/mol. The second kappa shape index (κ2) is 9.20. The van der Waals surface area contributed by atoms with Gasteiger partial charge in [0.05, 0.1) is 5.52 Å². The highest BCUT2D eigenvalue weighted by molar-refractivity contribution is 7.17. The largest absolute Gasteiger partial charge is 0.355 e. The molecule has 0 unspecified atom stereocenters. The van der Waals surface area contributed by atoms with Crippen molar-refractivity contribution in [1.29, 1.82) is 0 Å². The number of H-pyrrole nitrogens is 1. The van der Waals surface area contributed by atoms with E-state index in [9.17, 15) is 9.59 Å². The van der Waals surface area contributed by atoms with Gasteiger partial charge in [-0.15, -0.1) is 11.3 Å². The fraction of sp³-hybridized carbons (Fsp3) is 0.435. The Hall–Kier alpha value is -2.71. The summed E-state index contributed by atoms with van der Waals surface area (Å²) in [5.41, 5.74) is 3.88. The number of piperidine rings is 1. The average Bonchev–Trinajstić information content (AvgIpc) is 3.18. The maximum atomic E-state index is 12.7. The van der Waals surface area contributed by atoms with Crippen molar-refractivity contribution in [2.45, 2.75) is 19.8 Å². The van der Waals surface area contributed by atoms with Gasteiger partial charge < -0.3 is 15.1 Å². The first-order valence-corrected chi connectivity index (χ1v) is 11.6. The monoisotopic (exact) mass is 439 g/mol. The number of fused-ring (bicyclic) bond motifs is 1. The van der Waals surface area contributed by atoms with Crippen LogP contribution in [0.25, 0.3) is 21.3 Å². The zero-order valence-corrected chi connectivity index (χ0v) is 19.1. The SMILES string of the molecule is Cc1cccc(-c2csc3c(=O)[nH]c(N4CCC(C(=O)NCCN(C)C)CC4)nc23)c1. The Kier molecular flexibility index (Phi) is 6.38. The fourth-order valence-electron chi connectivity index (χ4n) is 3.98. The lowest BCUT2D eigenvalue weighted by Gasteiger charge is -2.31. The van der Waals surface area contributed by atoms with E-state index in [1.54, 1.807) is 0 Å². The number of benzene rings is 1. The zero-order chi connectivity index (χ0) is 22.0. The molecule has 1 aliphatic heterocycles. The van der Waals surface area contributed by atoms with Crippen molar-refractivity contribution in [2.24, 2.45) is 5.92 Å². The van der Waals surface area contributed by atoms with E-state index >= 15 is 0 Å². The van der Waals surface area contributed by atoms with Gasteiger partial charge in [0.1, 0.15) is 4.70 Å². The first-order valence-electron chi connectivity index (χ1n) is 10.7. The van der Waals surface area contributed by atoms with Crippen LogP contribution < -0.4 is 15.8 Å². The molecule has 1 fully saturated rings. The topological polar surface area (TPSA) is 81.3 Å². The van der Waals surface area contributed by atoms with E-state index in [0.29, 0.717) is 30.3 Å². The number of amides is 1. The molecule has 4 rings (SSSR count). The fourth-order valence-corrected chi connectivity index (χ4v) is 4.89. The molecule has 8 heteroatoms. The molecule has 3 aromatic rings. The number of hydrogen-bond acceptors (Lipinski definition) is 6. The first-order chi connectivity index (χ1) is 14.9. The molecule has 31 heavy (non-hydrogen) atoms. The van der Waals surface area contributed by atoms with E-state index in [1.165, 1.54) is 16.9 Å². The number of anilines is 1. The molecule has 0 saturated carbocycles. The third kappa shape index (κ3) is 4.80. The maximum absolute atomic E-state index is 12.7. The van der Waals surface area contributed by atoms with Crippen LogP contribution in [0.1, 0.15) is 18.4 Å². The van der Waals surface area contributed by atoms with Crippen LogP contribution in [0.3, 0.4) is 0 Å². The molecule has 1 aliphatic rings. The van der Waals surface area contributed by atoms with Crippen molar-refractivity contribution >= 4 is 33.4 Å². The van der Waals surface area contributed by atoms with E-state index in [-0.39, 0.29) is 17.4 Å². The van der Waals surface area contributed by atoms with Gasteiger partial charge in [0, 0.05) is 43.0 Å². The van der Waals surface area contributed by atoms with Gasteiger partial charge in [-0.2, -0.15) is 0 Å². The molecule has 1 saturated heterocycles. The van der Waals surface area contributed by atoms with Gasteiger partial charge in [0.25, 0.3) is 5.56 Å². The number of carbonyl (C=O) groups excluding carboxylic acids is 1. The van der Waals surface area contributed by atoms with Crippen LogP contribution in [-0.2, 0) is 4.79 Å². The summed E-state index contributed by atoms with van der Waals surface area (Å²) in [7, 11) is 3.99. The molecular formula is C23H29N5O2S. The number of likely N-dealkylation sites (N-methyl/N-ethyl adjacent to an activating group) is 1. The van der Waals surface area contributed by atoms with Gasteiger partial charge in [-0.05, 0) is 39.4 Å². The Morgan fingerprint density at radius 1 is 1.32 bits per heavy atom. The first kappa shape index (κ1) is 21.5. The van der Waals surface area contributed by atoms with Crippen molar-refractivity contribution in [2.75, 3.05) is 45.2 Å². The Bertz CT molecular complexity index is 1130. The highest BCUT2D eigenvalue weighted by Gasteiger charge is 2.26. The lowest BCUT2D eigenvalue weighted by Crippen LogP contribution is -2.42. The number of nitrogens with one attached hydrogen (secondary N) is 2. The summed E-state index contributed by atoms with van der Waals surface area (Å²) in [5.74, 6) is 0.729. The molecule has 0 bridgehead atoms. The van der Waals surface area contributed by atoms with Crippen LogP contribution in [-0.4, -0.2) is 61.0 Å². The van der Waals surface area contributed by atoms with Crippen LogP contribution in [0.4, 0.5) is 5.95 Å². The average molecular weight is 440 g/mol. The van der Waals surface area contributed by atoms with Crippen LogP contribution in [0.2, 0.25) is 0 Å². The van der Waals surface area contributed by atoms with Crippen molar-refractivity contribution < 1.29 is 4.79 Å². The summed E-state index contributed by atoms with van der Waals surface area (Å²) in [6.45, 7) is 4.95. The summed E-state index contributed by atoms with van der Waals surface area (Å²) >= 11 is 1.43. The van der Waals surface area contributed by atoms with Crippen molar-refractivity contribution in [3.8, 4) is 11.1 Å². The highest BCUT2D eigenvalue weighted by atomic mass is 32.1. The molecule has 164 valence electrons. The number of rotatable bonds is 6. The summed E-state index contributed by atoms with van der Waals surface area (Å²) in [5, 5.41) is 5.04. The van der Waals surface area contributed by atoms with Gasteiger partial charge in [0.2, 0.25) is 11.9 Å². The number of thiophene rings is 1. The van der Waals surface area contributed by atoms with E-state index in [4.69, 9.17) is 4.98 Å². The minimum atomic E-state index is -0.104. The number of aromatic amines is 1. The van der Waals surface area contributed by atoms with E-state index in [0.717, 1.165) is 36.0 Å². The second-order valence-corrected chi connectivity index (χ2v) is 9.32. The van der Waals surface area contributed by atoms with E-state index in [1.807, 2.05) is 25.5 Å². The van der Waals surface area contributed by atoms with Crippen LogP contribution >= 0.6 is 11.3 Å². The van der Waals surface area contributed by atoms with Crippen LogP contribution in [0.5, 0.6) is 0 Å². The van der Waals surface area contributed by atoms with Crippen molar-refractivity contribution in [1.82, 2.24) is 20.2 Å². The quantitative estimate of drug-likeness (QED) is 0.617. The van der Waals surface area contributed by atoms with Gasteiger partial charge in [-0.1, -0.05) is 29.8 Å². The Balaban J connectivity index is 1.50. The summed E-state index contributed by atoms with van der Waals surface area (Å²) in [6, 6.07) is 8.25. The molecular weight excluding hydrogens is 410 g/mol. The van der Waals surface area contributed by atoms with E-state index in [2.05, 4.69) is 45.2 Å². The predicted octanol–water partition coefficient (Wildman–Crippen LogP) is 2.85. The molecule has 0 aliphatic carbocycles. The van der Waals surface area contributed by atoms with Crippen molar-refractivity contribution in [3.05, 3.63) is 45.6 Å². The van der Waals surface area contributed by atoms with Gasteiger partial charge in [-0.25, -0.2) is 4.98 Å². The zero-order valence-electron chi connectivity index (χ0n) is 18.3. The Morgan fingerprint density at radius 3 is 2.81 bits per heavy atom. The third-order valence-corrected chi connectivity index (χ3v) is 6.73.